The van der Waals surface area contributed by atoms with Crippen LogP contribution in [-0.2, 0) is 11.2 Å². The number of carbonyl (C=O) groups excluding carboxylic acids is 2. The van der Waals surface area contributed by atoms with Crippen LogP contribution in [0.4, 0.5) is 11.4 Å². The summed E-state index contributed by atoms with van der Waals surface area (Å²) < 4.78 is 0. The number of amides is 1. The van der Waals surface area contributed by atoms with E-state index in [-0.39, 0.29) is 17.7 Å². The maximum absolute atomic E-state index is 13.1. The fraction of sp³-hybridized carbons (Fsp3) is 0.391. The monoisotopic (exact) mass is 377 g/mol. The molecule has 1 amide bonds. The molecule has 0 radical (unpaired) electrons. The van der Waals surface area contributed by atoms with Gasteiger partial charge in [-0.1, -0.05) is 18.2 Å². The van der Waals surface area contributed by atoms with Crippen LogP contribution in [0.5, 0.6) is 0 Å². The number of Topliss-reactive ketones (excluding diaryl/α,β-unsaturated/α-hetero) is 1. The molecule has 2 aliphatic rings. The summed E-state index contributed by atoms with van der Waals surface area (Å²) in [4.78, 5) is 31.1. The molecule has 28 heavy (non-hydrogen) atoms. The molecule has 1 saturated heterocycles. The minimum absolute atomic E-state index is 0.0900. The Morgan fingerprint density at radius 3 is 2.25 bits per heavy atom. The maximum Gasteiger partial charge on any atom is 0.244 e. The maximum atomic E-state index is 13.1. The zero-order valence-electron chi connectivity index (χ0n) is 16.6. The summed E-state index contributed by atoms with van der Waals surface area (Å²) in [7, 11) is 0. The first kappa shape index (κ1) is 18.7. The molecule has 0 N–H and O–H groups in total. The zero-order chi connectivity index (χ0) is 19.7. The third-order valence-electron chi connectivity index (χ3n) is 6.01. The molecule has 0 saturated carbocycles. The molecule has 5 nitrogen and oxygen atoms in total. The van der Waals surface area contributed by atoms with E-state index >= 15 is 0 Å². The Kier molecular flexibility index (Phi) is 5.18. The number of rotatable bonds is 4. The van der Waals surface area contributed by atoms with Crippen molar-refractivity contribution in [1.29, 1.82) is 0 Å². The Bertz CT molecular complexity index is 870. The molecule has 0 aromatic heterocycles. The first-order chi connectivity index (χ1) is 13.5. The summed E-state index contributed by atoms with van der Waals surface area (Å²) in [6.07, 6.45) is 0.943. The van der Waals surface area contributed by atoms with E-state index in [1.165, 1.54) is 5.56 Å². The Morgan fingerprint density at radius 2 is 1.57 bits per heavy atom. The van der Waals surface area contributed by atoms with Crippen LogP contribution >= 0.6 is 0 Å². The Morgan fingerprint density at radius 1 is 0.893 bits per heavy atom. The first-order valence-corrected chi connectivity index (χ1v) is 10.0. The van der Waals surface area contributed by atoms with Crippen molar-refractivity contribution in [3.8, 4) is 0 Å². The minimum Gasteiger partial charge on any atom is -0.369 e. The van der Waals surface area contributed by atoms with Gasteiger partial charge in [-0.05, 0) is 56.2 Å². The van der Waals surface area contributed by atoms with Gasteiger partial charge in [-0.3, -0.25) is 14.5 Å². The lowest BCUT2D eigenvalue weighted by Gasteiger charge is -2.39. The SMILES string of the molecule is CC(=O)c1ccc(N2CCN(C(C)C(=O)N3CCc4ccccc43)CC2)cc1. The summed E-state index contributed by atoms with van der Waals surface area (Å²) in [5.41, 5.74) is 4.22. The average Bonchev–Trinajstić information content (AvgIpc) is 3.17. The quantitative estimate of drug-likeness (QED) is 0.769. The molecule has 4 rings (SSSR count). The minimum atomic E-state index is -0.117. The second kappa shape index (κ2) is 7.76. The van der Waals surface area contributed by atoms with Crippen LogP contribution in [0.25, 0.3) is 0 Å². The van der Waals surface area contributed by atoms with Crippen LogP contribution in [0.1, 0.15) is 29.8 Å². The van der Waals surface area contributed by atoms with Crippen molar-refractivity contribution in [1.82, 2.24) is 4.90 Å². The van der Waals surface area contributed by atoms with Gasteiger partial charge in [0.15, 0.2) is 5.78 Å². The third kappa shape index (κ3) is 3.54. The molecule has 146 valence electrons. The number of fused-ring (bicyclic) bond motifs is 1. The fourth-order valence-corrected chi connectivity index (χ4v) is 4.22. The molecule has 2 heterocycles. The molecule has 0 spiro atoms. The summed E-state index contributed by atoms with van der Waals surface area (Å²) in [6, 6.07) is 15.9. The molecule has 2 aromatic rings. The van der Waals surface area contributed by atoms with Crippen molar-refractivity contribution >= 4 is 23.1 Å². The molecule has 1 atom stereocenters. The van der Waals surface area contributed by atoms with Crippen LogP contribution in [-0.4, -0.2) is 55.4 Å². The topological polar surface area (TPSA) is 43.9 Å². The van der Waals surface area contributed by atoms with Crippen LogP contribution in [0.15, 0.2) is 48.5 Å². The van der Waals surface area contributed by atoms with Gasteiger partial charge in [0.25, 0.3) is 0 Å². The zero-order valence-corrected chi connectivity index (χ0v) is 16.6. The van der Waals surface area contributed by atoms with Gasteiger partial charge in [-0.25, -0.2) is 0 Å². The van der Waals surface area contributed by atoms with Gasteiger partial charge in [-0.2, -0.15) is 0 Å². The van der Waals surface area contributed by atoms with E-state index in [2.05, 4.69) is 21.9 Å². The van der Waals surface area contributed by atoms with E-state index in [9.17, 15) is 9.59 Å². The number of hydrogen-bond acceptors (Lipinski definition) is 4. The van der Waals surface area contributed by atoms with E-state index < -0.39 is 0 Å². The summed E-state index contributed by atoms with van der Waals surface area (Å²) in [6.45, 7) is 7.88. The number of ketones is 1. The highest BCUT2D eigenvalue weighted by molar-refractivity contribution is 5.98. The van der Waals surface area contributed by atoms with Crippen molar-refractivity contribution in [2.24, 2.45) is 0 Å². The van der Waals surface area contributed by atoms with Crippen molar-refractivity contribution in [2.45, 2.75) is 26.3 Å². The Balaban J connectivity index is 1.37. The molecule has 1 unspecified atom stereocenters. The number of piperazine rings is 1. The van der Waals surface area contributed by atoms with E-state index in [1.54, 1.807) is 6.92 Å². The standard InChI is InChI=1S/C23H27N3O2/c1-17(23(28)26-12-11-20-5-3-4-6-22(20)26)24-13-15-25(16-14-24)21-9-7-19(8-10-21)18(2)27/h3-10,17H,11-16H2,1-2H3. The predicted molar refractivity (Wildman–Crippen MR) is 112 cm³/mol. The second-order valence-corrected chi connectivity index (χ2v) is 7.67. The first-order valence-electron chi connectivity index (χ1n) is 10.0. The van der Waals surface area contributed by atoms with Gasteiger partial charge < -0.3 is 9.80 Å². The van der Waals surface area contributed by atoms with Crippen LogP contribution in [0.3, 0.4) is 0 Å². The number of carbonyl (C=O) groups is 2. The summed E-state index contributed by atoms with van der Waals surface area (Å²) in [5.74, 6) is 0.288. The number of benzene rings is 2. The smallest absolute Gasteiger partial charge is 0.244 e. The molecule has 0 aliphatic carbocycles. The molecule has 0 bridgehead atoms. The molecular formula is C23H27N3O2. The lowest BCUT2D eigenvalue weighted by atomic mass is 10.1. The van der Waals surface area contributed by atoms with E-state index in [4.69, 9.17) is 0 Å². The molecule has 2 aromatic carbocycles. The van der Waals surface area contributed by atoms with E-state index in [0.29, 0.717) is 0 Å². The highest BCUT2D eigenvalue weighted by Gasteiger charge is 2.32. The predicted octanol–water partition coefficient (Wildman–Crippen LogP) is 2.99. The largest absolute Gasteiger partial charge is 0.369 e. The van der Waals surface area contributed by atoms with E-state index in [0.717, 1.165) is 56.1 Å². The second-order valence-electron chi connectivity index (χ2n) is 7.67. The molecule has 2 aliphatic heterocycles. The number of para-hydroxylation sites is 1. The van der Waals surface area contributed by atoms with Crippen molar-refractivity contribution in [2.75, 3.05) is 42.5 Å². The summed E-state index contributed by atoms with van der Waals surface area (Å²) in [5, 5.41) is 0. The van der Waals surface area contributed by atoms with Crippen LogP contribution < -0.4 is 9.80 Å². The lowest BCUT2D eigenvalue weighted by Crippen LogP contribution is -2.54. The van der Waals surface area contributed by atoms with Gasteiger partial charge in [0.2, 0.25) is 5.91 Å². The van der Waals surface area contributed by atoms with Gasteiger partial charge in [-0.15, -0.1) is 0 Å². The fourth-order valence-electron chi connectivity index (χ4n) is 4.22. The molecule has 5 heteroatoms. The van der Waals surface area contributed by atoms with Crippen molar-refractivity contribution in [3.63, 3.8) is 0 Å². The van der Waals surface area contributed by atoms with Crippen LogP contribution in [0, 0.1) is 0 Å². The van der Waals surface area contributed by atoms with Gasteiger partial charge in [0.05, 0.1) is 6.04 Å². The average molecular weight is 377 g/mol. The normalized spacial score (nSPS) is 18.1. The van der Waals surface area contributed by atoms with Crippen molar-refractivity contribution in [3.05, 3.63) is 59.7 Å². The number of anilines is 2. The number of nitrogens with zero attached hydrogens (tertiary/aromatic N) is 3. The lowest BCUT2D eigenvalue weighted by molar-refractivity contribution is -0.123. The Hall–Kier alpha value is -2.66. The number of hydrogen-bond donors (Lipinski definition) is 0. The molecular weight excluding hydrogens is 350 g/mol. The Labute approximate surface area is 166 Å². The van der Waals surface area contributed by atoms with E-state index in [1.807, 2.05) is 48.2 Å². The van der Waals surface area contributed by atoms with Gasteiger partial charge in [0, 0.05) is 49.7 Å². The molecule has 1 fully saturated rings. The highest BCUT2D eigenvalue weighted by Crippen LogP contribution is 2.28. The van der Waals surface area contributed by atoms with Crippen LogP contribution in [0.2, 0.25) is 0 Å². The van der Waals surface area contributed by atoms with Gasteiger partial charge >= 0.3 is 0 Å². The highest BCUT2D eigenvalue weighted by atomic mass is 16.2. The van der Waals surface area contributed by atoms with Gasteiger partial charge in [0.1, 0.15) is 0 Å². The summed E-state index contributed by atoms with van der Waals surface area (Å²) >= 11 is 0. The van der Waals surface area contributed by atoms with Crippen molar-refractivity contribution < 1.29 is 9.59 Å². The third-order valence-corrected chi connectivity index (χ3v) is 6.01.